The molecule has 0 aliphatic heterocycles. The molecule has 1 aromatic rings. The zero-order chi connectivity index (χ0) is 15.5. The lowest BCUT2D eigenvalue weighted by Crippen LogP contribution is -2.22. The quantitative estimate of drug-likeness (QED) is 0.733. The van der Waals surface area contributed by atoms with Crippen LogP contribution in [0.2, 0.25) is 0 Å². The lowest BCUT2D eigenvalue weighted by atomic mass is 10.1. The number of methoxy groups -OCH3 is 1. The molecule has 0 aromatic carbocycles. The smallest absolute Gasteiger partial charge is 0.306 e. The molecular weight excluding hydrogens is 292 g/mol. The SMILES string of the molecule is COC(=O)CC1(CS(=O)(=O)Cc2ccnc(C#N)c2)CC1. The average Bonchev–Trinajstić information content (AvgIpc) is 3.16. The van der Waals surface area contributed by atoms with Crippen LogP contribution in [0.3, 0.4) is 0 Å². The number of ether oxygens (including phenoxy) is 1. The Morgan fingerprint density at radius 1 is 1.52 bits per heavy atom. The van der Waals surface area contributed by atoms with E-state index in [0.717, 1.165) is 12.8 Å². The third-order valence-electron chi connectivity index (χ3n) is 3.56. The molecule has 0 radical (unpaired) electrons. The average molecular weight is 308 g/mol. The lowest BCUT2D eigenvalue weighted by Gasteiger charge is -2.14. The fourth-order valence-electron chi connectivity index (χ4n) is 2.32. The first-order valence-electron chi connectivity index (χ1n) is 6.50. The molecule has 0 atom stereocenters. The first-order valence-corrected chi connectivity index (χ1v) is 8.32. The van der Waals surface area contributed by atoms with E-state index >= 15 is 0 Å². The van der Waals surface area contributed by atoms with Crippen molar-refractivity contribution in [3.05, 3.63) is 29.6 Å². The minimum absolute atomic E-state index is 0.0285. The summed E-state index contributed by atoms with van der Waals surface area (Å²) in [7, 11) is -2.05. The standard InChI is InChI=1S/C14H16N2O4S/c1-20-13(17)7-14(3-4-14)10-21(18,19)9-11-2-5-16-12(6-11)8-15/h2,5-6H,3-4,7,9-10H2,1H3. The number of carbonyl (C=O) groups is 1. The molecular formula is C14H16N2O4S. The summed E-state index contributed by atoms with van der Waals surface area (Å²) in [5.41, 5.74) is 0.269. The van der Waals surface area contributed by atoms with Crippen molar-refractivity contribution in [3.8, 4) is 6.07 Å². The molecule has 1 aliphatic carbocycles. The molecule has 0 amide bonds. The predicted molar refractivity (Wildman–Crippen MR) is 74.7 cm³/mol. The van der Waals surface area contributed by atoms with Gasteiger partial charge in [0.15, 0.2) is 9.84 Å². The number of hydrogen-bond donors (Lipinski definition) is 0. The van der Waals surface area contributed by atoms with E-state index in [2.05, 4.69) is 9.72 Å². The summed E-state index contributed by atoms with van der Waals surface area (Å²) >= 11 is 0. The second-order valence-corrected chi connectivity index (χ2v) is 7.51. The molecule has 21 heavy (non-hydrogen) atoms. The highest BCUT2D eigenvalue weighted by atomic mass is 32.2. The van der Waals surface area contributed by atoms with Crippen molar-refractivity contribution in [2.45, 2.75) is 25.0 Å². The molecule has 0 unspecified atom stereocenters. The van der Waals surface area contributed by atoms with Gasteiger partial charge in [-0.2, -0.15) is 5.26 Å². The first-order chi connectivity index (χ1) is 9.88. The zero-order valence-corrected chi connectivity index (χ0v) is 12.5. The molecule has 0 bridgehead atoms. The number of nitriles is 1. The number of hydrogen-bond acceptors (Lipinski definition) is 6. The number of carbonyl (C=O) groups excluding carboxylic acids is 1. The Balaban J connectivity index is 2.05. The number of sulfone groups is 1. The Morgan fingerprint density at radius 2 is 2.24 bits per heavy atom. The second-order valence-electron chi connectivity index (χ2n) is 5.45. The topological polar surface area (TPSA) is 97.1 Å². The van der Waals surface area contributed by atoms with Crippen LogP contribution in [0.4, 0.5) is 0 Å². The van der Waals surface area contributed by atoms with E-state index < -0.39 is 15.3 Å². The monoisotopic (exact) mass is 308 g/mol. The van der Waals surface area contributed by atoms with E-state index in [9.17, 15) is 13.2 Å². The van der Waals surface area contributed by atoms with E-state index in [-0.39, 0.29) is 29.6 Å². The molecule has 1 heterocycles. The van der Waals surface area contributed by atoms with Crippen molar-refractivity contribution in [2.75, 3.05) is 12.9 Å². The molecule has 6 nitrogen and oxygen atoms in total. The van der Waals surface area contributed by atoms with Crippen LogP contribution in [0.15, 0.2) is 18.3 Å². The van der Waals surface area contributed by atoms with E-state index in [1.807, 2.05) is 6.07 Å². The molecule has 2 rings (SSSR count). The lowest BCUT2D eigenvalue weighted by molar-refractivity contribution is -0.141. The molecule has 0 saturated heterocycles. The minimum atomic E-state index is -3.35. The van der Waals surface area contributed by atoms with Crippen molar-refractivity contribution < 1.29 is 17.9 Å². The predicted octanol–water partition coefficient (Wildman–Crippen LogP) is 1.21. The maximum atomic E-state index is 12.3. The van der Waals surface area contributed by atoms with Gasteiger partial charge >= 0.3 is 5.97 Å². The molecule has 112 valence electrons. The van der Waals surface area contributed by atoms with Gasteiger partial charge in [0.05, 0.1) is 25.0 Å². The van der Waals surface area contributed by atoms with Gasteiger partial charge in [-0.25, -0.2) is 13.4 Å². The van der Waals surface area contributed by atoms with Gasteiger partial charge in [-0.15, -0.1) is 0 Å². The van der Waals surface area contributed by atoms with Crippen molar-refractivity contribution in [1.29, 1.82) is 5.26 Å². The molecule has 7 heteroatoms. The van der Waals surface area contributed by atoms with Gasteiger partial charge in [-0.05, 0) is 36.0 Å². The van der Waals surface area contributed by atoms with Crippen molar-refractivity contribution in [1.82, 2.24) is 4.98 Å². The number of nitrogens with zero attached hydrogens (tertiary/aromatic N) is 2. The number of aromatic nitrogens is 1. The Labute approximate surface area is 123 Å². The normalized spacial score (nSPS) is 16.0. The van der Waals surface area contributed by atoms with Gasteiger partial charge in [0, 0.05) is 6.20 Å². The van der Waals surface area contributed by atoms with Gasteiger partial charge in [0.2, 0.25) is 0 Å². The number of esters is 1. The maximum absolute atomic E-state index is 12.3. The highest BCUT2D eigenvalue weighted by Gasteiger charge is 2.47. The van der Waals surface area contributed by atoms with E-state index in [4.69, 9.17) is 5.26 Å². The van der Waals surface area contributed by atoms with E-state index in [1.54, 1.807) is 6.07 Å². The highest BCUT2D eigenvalue weighted by molar-refractivity contribution is 7.90. The van der Waals surface area contributed by atoms with Gasteiger partial charge in [-0.3, -0.25) is 4.79 Å². The maximum Gasteiger partial charge on any atom is 0.306 e. The Kier molecular flexibility index (Phi) is 4.28. The molecule has 0 N–H and O–H groups in total. The summed E-state index contributed by atoms with van der Waals surface area (Å²) in [6.07, 6.45) is 3.01. The highest BCUT2D eigenvalue weighted by Crippen LogP contribution is 2.50. The fourth-order valence-corrected chi connectivity index (χ4v) is 4.44. The summed E-state index contributed by atoms with van der Waals surface area (Å²) < 4.78 is 29.2. The van der Waals surface area contributed by atoms with Crippen LogP contribution >= 0.6 is 0 Å². The van der Waals surface area contributed by atoms with Gasteiger partial charge in [-0.1, -0.05) is 0 Å². The van der Waals surface area contributed by atoms with Crippen molar-refractivity contribution in [2.24, 2.45) is 5.41 Å². The summed E-state index contributed by atoms with van der Waals surface area (Å²) in [5, 5.41) is 8.77. The summed E-state index contributed by atoms with van der Waals surface area (Å²) in [6.45, 7) is 0. The van der Waals surface area contributed by atoms with Crippen LogP contribution in [0.1, 0.15) is 30.5 Å². The fraction of sp³-hybridized carbons (Fsp3) is 0.500. The first kappa shape index (κ1) is 15.4. The van der Waals surface area contributed by atoms with Crippen molar-refractivity contribution in [3.63, 3.8) is 0 Å². The Morgan fingerprint density at radius 3 is 2.81 bits per heavy atom. The Hall–Kier alpha value is -1.94. The molecule has 1 aromatic heterocycles. The molecule has 1 fully saturated rings. The van der Waals surface area contributed by atoms with Gasteiger partial charge in [0.25, 0.3) is 0 Å². The second kappa shape index (κ2) is 5.82. The third kappa shape index (κ3) is 4.26. The van der Waals surface area contributed by atoms with Crippen LogP contribution in [0.25, 0.3) is 0 Å². The molecule has 1 aliphatic rings. The minimum Gasteiger partial charge on any atom is -0.469 e. The van der Waals surface area contributed by atoms with Crippen molar-refractivity contribution >= 4 is 15.8 Å². The third-order valence-corrected chi connectivity index (χ3v) is 5.38. The van der Waals surface area contributed by atoms with Crippen LogP contribution < -0.4 is 0 Å². The molecule has 0 spiro atoms. The van der Waals surface area contributed by atoms with Gasteiger partial charge in [0.1, 0.15) is 11.8 Å². The zero-order valence-electron chi connectivity index (χ0n) is 11.7. The summed E-state index contributed by atoms with van der Waals surface area (Å²) in [6, 6.07) is 4.93. The van der Waals surface area contributed by atoms with Crippen LogP contribution in [-0.2, 0) is 25.1 Å². The number of pyridine rings is 1. The van der Waals surface area contributed by atoms with Gasteiger partial charge < -0.3 is 4.74 Å². The van der Waals surface area contributed by atoms with E-state index in [1.165, 1.54) is 19.4 Å². The summed E-state index contributed by atoms with van der Waals surface area (Å²) in [4.78, 5) is 15.1. The Bertz CT molecular complexity index is 687. The van der Waals surface area contributed by atoms with Crippen LogP contribution in [0.5, 0.6) is 0 Å². The number of rotatable bonds is 6. The summed E-state index contributed by atoms with van der Waals surface area (Å²) in [5.74, 6) is -0.551. The van der Waals surface area contributed by atoms with E-state index in [0.29, 0.717) is 5.56 Å². The van der Waals surface area contributed by atoms with Crippen LogP contribution in [0, 0.1) is 16.7 Å². The largest absolute Gasteiger partial charge is 0.469 e. The van der Waals surface area contributed by atoms with Crippen LogP contribution in [-0.4, -0.2) is 32.2 Å². The molecule has 1 saturated carbocycles.